The van der Waals surface area contributed by atoms with Gasteiger partial charge in [0.2, 0.25) is 0 Å². The normalized spacial score (nSPS) is 10.2. The number of rotatable bonds is 9. The molecule has 0 aliphatic rings. The molecule has 3 heteroatoms. The molecule has 3 nitrogen and oxygen atoms in total. The molecule has 2 aromatic rings. The lowest BCUT2D eigenvalue weighted by molar-refractivity contribution is 0.549. The number of benzene rings is 2. The maximum absolute atomic E-state index is 8.99. The fourth-order valence-corrected chi connectivity index (χ4v) is 3.23. The lowest BCUT2D eigenvalue weighted by Crippen LogP contribution is -2.27. The average molecular weight is 372 g/mol. The molecule has 0 atom stereocenters. The molecule has 0 N–H and O–H groups in total. The molecule has 0 aromatic heterocycles. The smallest absolute Gasteiger partial charge is 0.130 e. The second kappa shape index (κ2) is 11.0. The topological polar surface area (TPSA) is 50.8 Å². The summed E-state index contributed by atoms with van der Waals surface area (Å²) in [5, 5.41) is 18.0. The van der Waals surface area contributed by atoms with Gasteiger partial charge in [-0.25, -0.2) is 0 Å². The van der Waals surface area contributed by atoms with Crippen LogP contribution in [0.3, 0.4) is 0 Å². The predicted octanol–water partition coefficient (Wildman–Crippen LogP) is 5.91. The lowest BCUT2D eigenvalue weighted by atomic mass is 10.0. The summed E-state index contributed by atoms with van der Waals surface area (Å²) in [6, 6.07) is 20.7. The van der Waals surface area contributed by atoms with Gasteiger partial charge >= 0.3 is 0 Å². The van der Waals surface area contributed by atoms with Crippen molar-refractivity contribution < 1.29 is 0 Å². The minimum Gasteiger partial charge on any atom is -0.371 e. The van der Waals surface area contributed by atoms with Crippen LogP contribution in [-0.2, 0) is 6.42 Å². The van der Waals surface area contributed by atoms with Gasteiger partial charge in [0.1, 0.15) is 17.7 Å². The van der Waals surface area contributed by atoms with E-state index in [1.54, 1.807) is 6.08 Å². The lowest BCUT2D eigenvalue weighted by Gasteiger charge is -2.26. The first-order valence-corrected chi connectivity index (χ1v) is 9.95. The van der Waals surface area contributed by atoms with Crippen molar-refractivity contribution >= 4 is 11.8 Å². The van der Waals surface area contributed by atoms with E-state index in [9.17, 15) is 0 Å². The molecule has 28 heavy (non-hydrogen) atoms. The second-order valence-corrected chi connectivity index (χ2v) is 7.58. The van der Waals surface area contributed by atoms with E-state index in [0.717, 1.165) is 30.6 Å². The standard InChI is InChI=1S/C25H29N3/c1-20(2)8-7-14-28(15-13-22-9-5-4-6-10-22)25-12-11-24(21(3)16-25)17-23(18-26)19-27/h4-6,9-12,16-17,20H,7-8,13-15H2,1-3H3. The molecule has 0 aliphatic heterocycles. The van der Waals surface area contributed by atoms with E-state index >= 15 is 0 Å². The predicted molar refractivity (Wildman–Crippen MR) is 117 cm³/mol. The Kier molecular flexibility index (Phi) is 8.32. The molecule has 0 radical (unpaired) electrons. The van der Waals surface area contributed by atoms with Crippen LogP contribution >= 0.6 is 0 Å². The molecule has 0 saturated carbocycles. The number of nitrogens with zero attached hydrogens (tertiary/aromatic N) is 3. The Morgan fingerprint density at radius 3 is 2.36 bits per heavy atom. The number of nitriles is 2. The molecule has 0 spiro atoms. The van der Waals surface area contributed by atoms with E-state index in [2.05, 4.69) is 61.2 Å². The van der Waals surface area contributed by atoms with Gasteiger partial charge in [0.15, 0.2) is 0 Å². The fraction of sp³-hybridized carbons (Fsp3) is 0.360. The quantitative estimate of drug-likeness (QED) is 0.515. The maximum atomic E-state index is 8.99. The molecule has 0 unspecified atom stereocenters. The van der Waals surface area contributed by atoms with Crippen LogP contribution in [-0.4, -0.2) is 13.1 Å². The first kappa shape index (κ1) is 21.3. The SMILES string of the molecule is Cc1cc(N(CCCC(C)C)CCc2ccccc2)ccc1C=C(C#N)C#N. The van der Waals surface area contributed by atoms with Crippen LogP contribution in [0.1, 0.15) is 43.4 Å². The van der Waals surface area contributed by atoms with Crippen molar-refractivity contribution in [2.45, 2.75) is 40.0 Å². The third-order valence-electron chi connectivity index (χ3n) is 4.88. The van der Waals surface area contributed by atoms with Gasteiger partial charge in [-0.15, -0.1) is 0 Å². The van der Waals surface area contributed by atoms with Crippen LogP contribution in [0.4, 0.5) is 5.69 Å². The molecular formula is C25H29N3. The highest BCUT2D eigenvalue weighted by molar-refractivity contribution is 5.66. The summed E-state index contributed by atoms with van der Waals surface area (Å²) in [6.45, 7) is 8.56. The van der Waals surface area contributed by atoms with Gasteiger partial charge in [-0.1, -0.05) is 50.2 Å². The van der Waals surface area contributed by atoms with Crippen molar-refractivity contribution in [3.63, 3.8) is 0 Å². The Balaban J connectivity index is 2.19. The van der Waals surface area contributed by atoms with Crippen molar-refractivity contribution in [2.24, 2.45) is 5.92 Å². The van der Waals surface area contributed by atoms with Gasteiger partial charge in [0.05, 0.1) is 0 Å². The number of hydrogen-bond acceptors (Lipinski definition) is 3. The summed E-state index contributed by atoms with van der Waals surface area (Å²) >= 11 is 0. The van der Waals surface area contributed by atoms with Crippen molar-refractivity contribution in [2.75, 3.05) is 18.0 Å². The summed E-state index contributed by atoms with van der Waals surface area (Å²) in [5.41, 5.74) is 4.68. The van der Waals surface area contributed by atoms with Crippen LogP contribution in [0, 0.1) is 35.5 Å². The zero-order chi connectivity index (χ0) is 20.4. The summed E-state index contributed by atoms with van der Waals surface area (Å²) < 4.78 is 0. The number of aryl methyl sites for hydroxylation is 1. The first-order chi connectivity index (χ1) is 13.5. The molecule has 0 heterocycles. The zero-order valence-electron chi connectivity index (χ0n) is 17.2. The Labute approximate surface area is 169 Å². The highest BCUT2D eigenvalue weighted by atomic mass is 15.1. The Morgan fingerprint density at radius 1 is 1.04 bits per heavy atom. The summed E-state index contributed by atoms with van der Waals surface area (Å²) in [4.78, 5) is 2.45. The van der Waals surface area contributed by atoms with Crippen molar-refractivity contribution in [1.29, 1.82) is 10.5 Å². The van der Waals surface area contributed by atoms with E-state index in [1.165, 1.54) is 24.1 Å². The molecule has 0 saturated heterocycles. The minimum absolute atomic E-state index is 0.133. The third kappa shape index (κ3) is 6.60. The number of anilines is 1. The molecule has 2 rings (SSSR count). The Morgan fingerprint density at radius 2 is 1.75 bits per heavy atom. The van der Waals surface area contributed by atoms with Crippen LogP contribution in [0.15, 0.2) is 54.1 Å². The van der Waals surface area contributed by atoms with Crippen LogP contribution in [0.25, 0.3) is 6.08 Å². The van der Waals surface area contributed by atoms with Crippen molar-refractivity contribution in [3.05, 3.63) is 70.8 Å². The first-order valence-electron chi connectivity index (χ1n) is 9.95. The van der Waals surface area contributed by atoms with Gasteiger partial charge in [-0.05, 0) is 67.0 Å². The zero-order valence-corrected chi connectivity index (χ0v) is 17.2. The van der Waals surface area contributed by atoms with Gasteiger partial charge in [0, 0.05) is 18.8 Å². The van der Waals surface area contributed by atoms with Crippen LogP contribution < -0.4 is 4.90 Å². The number of allylic oxidation sites excluding steroid dienone is 1. The van der Waals surface area contributed by atoms with Crippen LogP contribution in [0.5, 0.6) is 0 Å². The number of hydrogen-bond donors (Lipinski definition) is 0. The molecule has 0 bridgehead atoms. The average Bonchev–Trinajstić information content (AvgIpc) is 2.70. The highest BCUT2D eigenvalue weighted by Crippen LogP contribution is 2.22. The van der Waals surface area contributed by atoms with Crippen molar-refractivity contribution in [1.82, 2.24) is 0 Å². The van der Waals surface area contributed by atoms with E-state index in [1.807, 2.05) is 25.1 Å². The van der Waals surface area contributed by atoms with Gasteiger partial charge in [-0.2, -0.15) is 10.5 Å². The molecule has 0 amide bonds. The van der Waals surface area contributed by atoms with Crippen LogP contribution in [0.2, 0.25) is 0 Å². The molecule has 2 aromatic carbocycles. The van der Waals surface area contributed by atoms with E-state index < -0.39 is 0 Å². The maximum Gasteiger partial charge on any atom is 0.130 e. The van der Waals surface area contributed by atoms with Gasteiger partial charge in [-0.3, -0.25) is 0 Å². The third-order valence-corrected chi connectivity index (χ3v) is 4.88. The highest BCUT2D eigenvalue weighted by Gasteiger charge is 2.09. The molecule has 144 valence electrons. The summed E-state index contributed by atoms with van der Waals surface area (Å²) in [7, 11) is 0. The molecule has 0 fully saturated rings. The van der Waals surface area contributed by atoms with Gasteiger partial charge < -0.3 is 4.90 Å². The van der Waals surface area contributed by atoms with Gasteiger partial charge in [0.25, 0.3) is 0 Å². The fourth-order valence-electron chi connectivity index (χ4n) is 3.23. The second-order valence-electron chi connectivity index (χ2n) is 7.58. The summed E-state index contributed by atoms with van der Waals surface area (Å²) in [6.07, 6.45) is 5.05. The minimum atomic E-state index is 0.133. The van der Waals surface area contributed by atoms with E-state index in [-0.39, 0.29) is 5.57 Å². The summed E-state index contributed by atoms with van der Waals surface area (Å²) in [5.74, 6) is 0.709. The molecular weight excluding hydrogens is 342 g/mol. The van der Waals surface area contributed by atoms with E-state index in [0.29, 0.717) is 5.92 Å². The Hall–Kier alpha value is -3.04. The van der Waals surface area contributed by atoms with E-state index in [4.69, 9.17) is 10.5 Å². The largest absolute Gasteiger partial charge is 0.371 e. The Bertz CT molecular complexity index is 851. The van der Waals surface area contributed by atoms with Crippen molar-refractivity contribution in [3.8, 4) is 12.1 Å². The molecule has 0 aliphatic carbocycles. The monoisotopic (exact) mass is 371 g/mol.